The Morgan fingerprint density at radius 2 is 1.20 bits per heavy atom. The molecule has 1 fully saturated rings. The van der Waals surface area contributed by atoms with Crippen LogP contribution in [0.25, 0.3) is 0 Å². The van der Waals surface area contributed by atoms with Gasteiger partial charge in [0, 0.05) is 0 Å². The Bertz CT molecular complexity index is 455. The summed E-state index contributed by atoms with van der Waals surface area (Å²) >= 11 is 0. The second kappa shape index (κ2) is 8.28. The summed E-state index contributed by atoms with van der Waals surface area (Å²) in [7, 11) is 0. The van der Waals surface area contributed by atoms with E-state index in [1.54, 1.807) is 41.5 Å². The quantitative estimate of drug-likeness (QED) is 0.727. The van der Waals surface area contributed by atoms with Gasteiger partial charge >= 0.3 is 12.2 Å². The van der Waals surface area contributed by atoms with E-state index in [1.165, 1.54) is 9.80 Å². The van der Waals surface area contributed by atoms with Crippen LogP contribution in [0, 0.1) is 0 Å². The molecule has 0 aromatic heterocycles. The van der Waals surface area contributed by atoms with Gasteiger partial charge in [0.1, 0.15) is 17.8 Å². The summed E-state index contributed by atoms with van der Waals surface area (Å²) in [5.41, 5.74) is -1.32. The van der Waals surface area contributed by atoms with Crippen LogP contribution in [0.5, 0.6) is 0 Å². The number of ether oxygens (including phenoxy) is 2. The highest BCUT2D eigenvalue weighted by molar-refractivity contribution is 5.73. The van der Waals surface area contributed by atoms with E-state index in [4.69, 9.17) is 10.8 Å². The summed E-state index contributed by atoms with van der Waals surface area (Å²) in [6, 6.07) is -0.491. The Hall–Kier alpha value is -1.46. The number of nitrogens with zero attached hydrogens (tertiary/aromatic N) is 2. The molecule has 25 heavy (non-hydrogen) atoms. The first-order valence-electron chi connectivity index (χ1n) is 9.85. The summed E-state index contributed by atoms with van der Waals surface area (Å²) in [5, 5.41) is 0. The van der Waals surface area contributed by atoms with Gasteiger partial charge in [-0.15, -0.1) is 0 Å². The smallest absolute Gasteiger partial charge is 0.412 e. The largest absolute Gasteiger partial charge is 0.444 e. The maximum Gasteiger partial charge on any atom is 0.412 e. The second-order valence-electron chi connectivity index (χ2n) is 8.60. The Morgan fingerprint density at radius 3 is 1.44 bits per heavy atom. The first-order valence-corrected chi connectivity index (χ1v) is 9.27. The molecule has 0 saturated carbocycles. The standard InChI is InChI=1S/C19H36N2O4/c1-9-11-14-15(12-10-2)21(17(23)25-19(6,7)8)13-20(14)16(22)24-18(3,4)5/h14-15H,9-13H2,1-8H3/t14-,15-/m1/s1/i13D. The van der Waals surface area contributed by atoms with Crippen molar-refractivity contribution >= 4 is 12.2 Å². The molecule has 1 saturated heterocycles. The molecule has 6 nitrogen and oxygen atoms in total. The van der Waals surface area contributed by atoms with Gasteiger partial charge in [-0.2, -0.15) is 0 Å². The Balaban J connectivity index is 3.20. The summed E-state index contributed by atoms with van der Waals surface area (Å²) in [4.78, 5) is 28.3. The molecule has 1 rings (SSSR count). The van der Waals surface area contributed by atoms with Gasteiger partial charge in [-0.05, 0) is 54.4 Å². The zero-order valence-electron chi connectivity index (χ0n) is 18.1. The minimum absolute atomic E-state index is 0.246. The van der Waals surface area contributed by atoms with Gasteiger partial charge in [0.15, 0.2) is 0 Å². The number of hydrogen-bond acceptors (Lipinski definition) is 4. The number of carbonyl (C=O) groups excluding carboxylic acids is 2. The first kappa shape index (κ1) is 19.9. The van der Waals surface area contributed by atoms with Crippen LogP contribution in [0.1, 0.15) is 82.4 Å². The normalized spacial score (nSPS) is 22.8. The van der Waals surface area contributed by atoms with E-state index in [-0.39, 0.29) is 12.1 Å². The lowest BCUT2D eigenvalue weighted by molar-refractivity contribution is 0.0133. The lowest BCUT2D eigenvalue weighted by Crippen LogP contribution is -2.43. The monoisotopic (exact) mass is 357 g/mol. The maximum atomic E-state index is 12.8. The van der Waals surface area contributed by atoms with E-state index >= 15 is 0 Å². The molecular formula is C19H36N2O4. The predicted molar refractivity (Wildman–Crippen MR) is 98.4 cm³/mol. The van der Waals surface area contributed by atoms with Crippen molar-refractivity contribution in [2.75, 3.05) is 6.64 Å². The van der Waals surface area contributed by atoms with E-state index in [0.717, 1.165) is 12.8 Å². The van der Waals surface area contributed by atoms with E-state index in [1.807, 2.05) is 13.8 Å². The van der Waals surface area contributed by atoms with Crippen molar-refractivity contribution in [1.82, 2.24) is 9.80 Å². The zero-order valence-corrected chi connectivity index (χ0v) is 17.1. The highest BCUT2D eigenvalue weighted by atomic mass is 16.6. The fraction of sp³-hybridized carbons (Fsp3) is 0.895. The maximum absolute atomic E-state index is 12.8. The van der Waals surface area contributed by atoms with Crippen molar-refractivity contribution in [1.29, 1.82) is 0 Å². The molecule has 2 amide bonds. The predicted octanol–water partition coefficient (Wildman–Crippen LogP) is 4.77. The molecule has 1 heterocycles. The molecule has 0 unspecified atom stereocenters. The molecule has 6 heteroatoms. The van der Waals surface area contributed by atoms with E-state index in [2.05, 4.69) is 0 Å². The minimum atomic E-state index is -1.15. The Kier molecular flexibility index (Phi) is 6.58. The fourth-order valence-corrected chi connectivity index (χ4v) is 2.92. The average Bonchev–Trinajstić information content (AvgIpc) is 2.68. The third kappa shape index (κ3) is 6.40. The molecule has 0 bridgehead atoms. The third-order valence-electron chi connectivity index (χ3n) is 3.79. The van der Waals surface area contributed by atoms with Crippen molar-refractivity contribution in [3.05, 3.63) is 0 Å². The summed E-state index contributed by atoms with van der Waals surface area (Å²) in [6.07, 6.45) is 2.00. The van der Waals surface area contributed by atoms with Crippen LogP contribution in [0.2, 0.25) is 0 Å². The van der Waals surface area contributed by atoms with E-state index in [9.17, 15) is 9.59 Å². The van der Waals surface area contributed by atoms with Crippen molar-refractivity contribution in [3.63, 3.8) is 0 Å². The molecule has 0 aromatic rings. The van der Waals surface area contributed by atoms with Crippen LogP contribution in [0.4, 0.5) is 9.59 Å². The molecule has 0 aromatic carbocycles. The number of amides is 2. The number of rotatable bonds is 4. The van der Waals surface area contributed by atoms with E-state index in [0.29, 0.717) is 12.8 Å². The zero-order chi connectivity index (χ0) is 20.3. The third-order valence-corrected chi connectivity index (χ3v) is 3.79. The van der Waals surface area contributed by atoms with Crippen LogP contribution in [0.15, 0.2) is 0 Å². The second-order valence-corrected chi connectivity index (χ2v) is 8.60. The molecule has 1 aliphatic heterocycles. The topological polar surface area (TPSA) is 59.1 Å². The van der Waals surface area contributed by atoms with Gasteiger partial charge in [0.2, 0.25) is 0 Å². The molecular weight excluding hydrogens is 320 g/mol. The van der Waals surface area contributed by atoms with Gasteiger partial charge in [0.25, 0.3) is 0 Å². The molecule has 0 radical (unpaired) electrons. The van der Waals surface area contributed by atoms with Gasteiger partial charge < -0.3 is 9.47 Å². The van der Waals surface area contributed by atoms with Gasteiger partial charge in [0.05, 0.1) is 13.5 Å². The molecule has 1 aliphatic rings. The SMILES string of the molecule is [2H]C1N(C(=O)OC(C)(C)C)[C@H](CCC)[C@@H](CCC)N1C(=O)OC(C)(C)C. The number of carbonyl (C=O) groups is 2. The van der Waals surface area contributed by atoms with Crippen molar-refractivity contribution in [3.8, 4) is 0 Å². The summed E-state index contributed by atoms with van der Waals surface area (Å²) in [6.45, 7) is 13.7. The minimum Gasteiger partial charge on any atom is -0.444 e. The van der Waals surface area contributed by atoms with Crippen LogP contribution in [-0.4, -0.2) is 51.9 Å². The lowest BCUT2D eigenvalue weighted by atomic mass is 9.99. The van der Waals surface area contributed by atoms with Gasteiger partial charge in [-0.25, -0.2) is 9.59 Å². The fourth-order valence-electron chi connectivity index (χ4n) is 2.92. The molecule has 0 spiro atoms. The Morgan fingerprint density at radius 1 is 0.880 bits per heavy atom. The summed E-state index contributed by atoms with van der Waals surface area (Å²) < 4.78 is 19.6. The van der Waals surface area contributed by atoms with Crippen molar-refractivity contribution < 1.29 is 20.4 Å². The highest BCUT2D eigenvalue weighted by Gasteiger charge is 2.46. The van der Waals surface area contributed by atoms with Crippen molar-refractivity contribution in [2.24, 2.45) is 0 Å². The molecule has 0 N–H and O–H groups in total. The van der Waals surface area contributed by atoms with Gasteiger partial charge in [-0.1, -0.05) is 26.7 Å². The average molecular weight is 358 g/mol. The van der Waals surface area contributed by atoms with Crippen LogP contribution < -0.4 is 0 Å². The number of hydrogen-bond donors (Lipinski definition) is 0. The van der Waals surface area contributed by atoms with Gasteiger partial charge in [-0.3, -0.25) is 9.80 Å². The molecule has 146 valence electrons. The molecule has 2 atom stereocenters. The first-order chi connectivity index (χ1) is 11.8. The molecule has 0 aliphatic carbocycles. The van der Waals surface area contributed by atoms with Crippen molar-refractivity contribution in [2.45, 2.75) is 104 Å². The van der Waals surface area contributed by atoms with Crippen LogP contribution in [-0.2, 0) is 9.47 Å². The lowest BCUT2D eigenvalue weighted by Gasteiger charge is -2.30. The van der Waals surface area contributed by atoms with Crippen LogP contribution >= 0.6 is 0 Å². The van der Waals surface area contributed by atoms with E-state index < -0.39 is 30.0 Å². The van der Waals surface area contributed by atoms with Crippen LogP contribution in [0.3, 0.4) is 0 Å². The highest BCUT2D eigenvalue weighted by Crippen LogP contribution is 2.30. The Labute approximate surface area is 154 Å². The summed E-state index contributed by atoms with van der Waals surface area (Å²) in [5.74, 6) is 0.